The molecular formula is C29H19N3O4S. The third-order valence-electron chi connectivity index (χ3n) is 6.34. The van der Waals surface area contributed by atoms with Crippen LogP contribution in [-0.4, -0.2) is 22.3 Å². The number of non-ortho nitro benzene ring substituents is 1. The molecule has 7 nitrogen and oxygen atoms in total. The van der Waals surface area contributed by atoms with E-state index < -0.39 is 14.9 Å². The first kappa shape index (κ1) is 22.6. The average molecular weight is 506 g/mol. The molecular weight excluding hydrogens is 486 g/mol. The number of para-hydroxylation sites is 1. The summed E-state index contributed by atoms with van der Waals surface area (Å²) in [5.41, 5.74) is 3.46. The van der Waals surface area contributed by atoms with Crippen molar-refractivity contribution < 1.29 is 13.3 Å². The van der Waals surface area contributed by atoms with Crippen molar-refractivity contribution in [3.63, 3.8) is 0 Å². The van der Waals surface area contributed by atoms with E-state index in [9.17, 15) is 18.5 Å². The second kappa shape index (κ2) is 8.69. The summed E-state index contributed by atoms with van der Waals surface area (Å²) in [5, 5.41) is 13.0. The molecule has 6 aromatic rings. The lowest BCUT2D eigenvalue weighted by atomic mass is 9.94. The normalized spacial score (nSPS) is 11.7. The highest BCUT2D eigenvalue weighted by Crippen LogP contribution is 2.43. The van der Waals surface area contributed by atoms with Crippen LogP contribution in [-0.2, 0) is 10.0 Å². The molecule has 0 saturated carbocycles. The molecule has 0 amide bonds. The van der Waals surface area contributed by atoms with Gasteiger partial charge in [-0.25, -0.2) is 12.4 Å². The van der Waals surface area contributed by atoms with Crippen molar-refractivity contribution in [2.24, 2.45) is 0 Å². The molecule has 0 aliphatic heterocycles. The maximum absolute atomic E-state index is 13.9. The lowest BCUT2D eigenvalue weighted by Gasteiger charge is -2.13. The van der Waals surface area contributed by atoms with Crippen LogP contribution in [0.2, 0.25) is 0 Å². The van der Waals surface area contributed by atoms with Crippen LogP contribution in [0.1, 0.15) is 0 Å². The Morgan fingerprint density at radius 2 is 1.38 bits per heavy atom. The number of aromatic nitrogens is 2. The van der Waals surface area contributed by atoms with Gasteiger partial charge in [-0.1, -0.05) is 78.9 Å². The number of benzene rings is 4. The Bertz CT molecular complexity index is 1920. The van der Waals surface area contributed by atoms with Crippen molar-refractivity contribution in [2.45, 2.75) is 4.90 Å². The first-order valence-corrected chi connectivity index (χ1v) is 12.9. The summed E-state index contributed by atoms with van der Waals surface area (Å²) in [7, 11) is -3.98. The maximum Gasteiger partial charge on any atom is 0.270 e. The Hall–Kier alpha value is -4.82. The largest absolute Gasteiger partial charge is 0.270 e. The zero-order chi connectivity index (χ0) is 25.6. The highest BCUT2D eigenvalue weighted by molar-refractivity contribution is 7.90. The third kappa shape index (κ3) is 3.66. The van der Waals surface area contributed by atoms with E-state index in [4.69, 9.17) is 4.98 Å². The molecule has 0 aliphatic rings. The Labute approximate surface area is 212 Å². The van der Waals surface area contributed by atoms with Crippen molar-refractivity contribution in [3.8, 4) is 22.4 Å². The number of rotatable bonds is 5. The van der Waals surface area contributed by atoms with E-state index in [0.717, 1.165) is 5.56 Å². The number of nitrogens with zero attached hydrogens (tertiary/aromatic N) is 3. The smallest absolute Gasteiger partial charge is 0.258 e. The molecule has 0 radical (unpaired) electrons. The van der Waals surface area contributed by atoms with Crippen LogP contribution in [0.4, 0.5) is 5.69 Å². The summed E-state index contributed by atoms with van der Waals surface area (Å²) in [6.07, 6.45) is 1.57. The van der Waals surface area contributed by atoms with E-state index >= 15 is 0 Å². The van der Waals surface area contributed by atoms with Crippen molar-refractivity contribution in [3.05, 3.63) is 126 Å². The second-order valence-corrected chi connectivity index (χ2v) is 10.3. The lowest BCUT2D eigenvalue weighted by molar-refractivity contribution is -0.384. The van der Waals surface area contributed by atoms with Gasteiger partial charge in [0.1, 0.15) is 0 Å². The SMILES string of the molecule is O=[N+]([O-])c1cccc(-c2c(-c3ccccc3)ncc3c2c2ccccc2n3S(=O)(=O)c2ccccc2)c1. The molecule has 8 heteroatoms. The standard InChI is InChI=1S/C29H19N3O4S/c33-32(34)22-13-9-12-21(18-22)27-28-24-16-7-8-17-25(24)31(37(35,36)23-14-5-2-6-15-23)26(28)19-30-29(27)20-10-3-1-4-11-20/h1-19H. The topological polar surface area (TPSA) is 95.1 Å². The summed E-state index contributed by atoms with van der Waals surface area (Å²) < 4.78 is 29.1. The Kier molecular flexibility index (Phi) is 5.31. The molecule has 0 spiro atoms. The summed E-state index contributed by atoms with van der Waals surface area (Å²) in [4.78, 5) is 16.1. The number of nitro benzene ring substituents is 1. The van der Waals surface area contributed by atoms with Gasteiger partial charge in [0, 0.05) is 34.0 Å². The van der Waals surface area contributed by atoms with Gasteiger partial charge >= 0.3 is 0 Å². The highest BCUT2D eigenvalue weighted by atomic mass is 32.2. The summed E-state index contributed by atoms with van der Waals surface area (Å²) in [6, 6.07) is 31.4. The average Bonchev–Trinajstić information content (AvgIpc) is 3.29. The van der Waals surface area contributed by atoms with Crippen molar-refractivity contribution in [1.82, 2.24) is 8.96 Å². The van der Waals surface area contributed by atoms with Crippen molar-refractivity contribution in [2.75, 3.05) is 0 Å². The molecule has 0 fully saturated rings. The van der Waals surface area contributed by atoms with Crippen LogP contribution in [0.25, 0.3) is 44.2 Å². The summed E-state index contributed by atoms with van der Waals surface area (Å²) in [6.45, 7) is 0. The van der Waals surface area contributed by atoms with Gasteiger partial charge in [-0.2, -0.15) is 0 Å². The van der Waals surface area contributed by atoms with E-state index in [1.165, 1.54) is 16.1 Å². The first-order valence-electron chi connectivity index (χ1n) is 11.5. The monoisotopic (exact) mass is 505 g/mol. The molecule has 6 rings (SSSR count). The fraction of sp³-hybridized carbons (Fsp3) is 0. The second-order valence-electron chi connectivity index (χ2n) is 8.52. The fourth-order valence-electron chi connectivity index (χ4n) is 4.75. The predicted molar refractivity (Wildman–Crippen MR) is 144 cm³/mol. The molecule has 2 heterocycles. The number of fused-ring (bicyclic) bond motifs is 3. The molecule has 2 aromatic heterocycles. The number of pyridine rings is 1. The maximum atomic E-state index is 13.9. The molecule has 0 atom stereocenters. The third-order valence-corrected chi connectivity index (χ3v) is 8.09. The Morgan fingerprint density at radius 3 is 2.11 bits per heavy atom. The van der Waals surface area contributed by atoms with Gasteiger partial charge < -0.3 is 0 Å². The molecule has 0 aliphatic carbocycles. The Morgan fingerprint density at radius 1 is 0.730 bits per heavy atom. The van der Waals surface area contributed by atoms with E-state index in [2.05, 4.69) is 0 Å². The first-order chi connectivity index (χ1) is 18.0. The van der Waals surface area contributed by atoms with Gasteiger partial charge in [-0.15, -0.1) is 0 Å². The number of hydrogen-bond donors (Lipinski definition) is 0. The van der Waals surface area contributed by atoms with Crippen molar-refractivity contribution in [1.29, 1.82) is 0 Å². The van der Waals surface area contributed by atoms with Crippen LogP contribution < -0.4 is 0 Å². The van der Waals surface area contributed by atoms with Gasteiger partial charge in [0.25, 0.3) is 15.7 Å². The van der Waals surface area contributed by atoms with E-state index in [0.29, 0.717) is 38.6 Å². The number of hydrogen-bond acceptors (Lipinski definition) is 5. The van der Waals surface area contributed by atoms with Crippen LogP contribution in [0.5, 0.6) is 0 Å². The fourth-order valence-corrected chi connectivity index (χ4v) is 6.27. The van der Waals surface area contributed by atoms with Crippen LogP contribution in [0.3, 0.4) is 0 Å². The number of nitro groups is 1. The van der Waals surface area contributed by atoms with E-state index in [1.807, 2.05) is 42.5 Å². The summed E-state index contributed by atoms with van der Waals surface area (Å²) >= 11 is 0. The van der Waals surface area contributed by atoms with Crippen LogP contribution in [0, 0.1) is 10.1 Å². The van der Waals surface area contributed by atoms with Crippen LogP contribution in [0.15, 0.2) is 120 Å². The zero-order valence-corrected chi connectivity index (χ0v) is 20.2. The van der Waals surface area contributed by atoms with Gasteiger partial charge in [0.2, 0.25) is 0 Å². The van der Waals surface area contributed by atoms with Gasteiger partial charge in [-0.3, -0.25) is 15.1 Å². The lowest BCUT2D eigenvalue weighted by Crippen LogP contribution is -2.12. The summed E-state index contributed by atoms with van der Waals surface area (Å²) in [5.74, 6) is 0. The molecule has 180 valence electrons. The quantitative estimate of drug-likeness (QED) is 0.193. The van der Waals surface area contributed by atoms with Gasteiger partial charge in [-0.05, 0) is 23.8 Å². The zero-order valence-electron chi connectivity index (χ0n) is 19.4. The minimum absolute atomic E-state index is 0.0610. The highest BCUT2D eigenvalue weighted by Gasteiger charge is 2.27. The van der Waals surface area contributed by atoms with Gasteiger partial charge in [0.15, 0.2) is 0 Å². The van der Waals surface area contributed by atoms with Gasteiger partial charge in [0.05, 0.1) is 32.7 Å². The Balaban J connectivity index is 1.80. The minimum atomic E-state index is -3.98. The molecule has 0 bridgehead atoms. The molecule has 37 heavy (non-hydrogen) atoms. The van der Waals surface area contributed by atoms with E-state index in [-0.39, 0.29) is 10.6 Å². The van der Waals surface area contributed by atoms with Crippen molar-refractivity contribution >= 4 is 37.5 Å². The molecule has 0 N–H and O–H groups in total. The molecule has 0 saturated heterocycles. The minimum Gasteiger partial charge on any atom is -0.258 e. The van der Waals surface area contributed by atoms with Crippen LogP contribution >= 0.6 is 0 Å². The van der Waals surface area contributed by atoms with E-state index in [1.54, 1.807) is 60.8 Å². The molecule has 4 aromatic carbocycles. The predicted octanol–water partition coefficient (Wildman–Crippen LogP) is 6.67. The molecule has 0 unspecified atom stereocenters.